The Labute approximate surface area is 124 Å². The van der Waals surface area contributed by atoms with Crippen LogP contribution in [-0.2, 0) is 4.79 Å². The Balaban J connectivity index is 3.11. The van der Waals surface area contributed by atoms with Gasteiger partial charge in [-0.1, -0.05) is 37.8 Å². The zero-order chi connectivity index (χ0) is 14.9. The van der Waals surface area contributed by atoms with E-state index in [2.05, 4.69) is 24.0 Å². The molecule has 0 aliphatic carbocycles. The van der Waals surface area contributed by atoms with Gasteiger partial charge in [-0.15, -0.1) is 11.8 Å². The standard InChI is InChI=1S/C18H30O2/c1-2-3-4-5-6-7-8-9-10-11-12-13-14-15-16-17-18(19)20/h9-10H,4-8,11-17H2,1H3,(H,19,20)/b10-9-. The van der Waals surface area contributed by atoms with Crippen LogP contribution in [0.2, 0.25) is 0 Å². The highest BCUT2D eigenvalue weighted by molar-refractivity contribution is 5.66. The van der Waals surface area contributed by atoms with E-state index in [1.54, 1.807) is 0 Å². The largest absolute Gasteiger partial charge is 0.481 e. The first-order valence-electron chi connectivity index (χ1n) is 8.03. The van der Waals surface area contributed by atoms with Crippen molar-refractivity contribution in [3.8, 4) is 11.8 Å². The van der Waals surface area contributed by atoms with Crippen molar-refractivity contribution in [3.63, 3.8) is 0 Å². The number of hydrogen-bond acceptors (Lipinski definition) is 1. The molecule has 0 atom stereocenters. The third kappa shape index (κ3) is 16.8. The zero-order valence-corrected chi connectivity index (χ0v) is 13.0. The Bertz CT molecular complexity index is 307. The Morgan fingerprint density at radius 3 is 2.05 bits per heavy atom. The number of carboxylic acids is 1. The lowest BCUT2D eigenvalue weighted by molar-refractivity contribution is -0.137. The molecule has 0 spiro atoms. The van der Waals surface area contributed by atoms with E-state index in [9.17, 15) is 4.79 Å². The van der Waals surface area contributed by atoms with Crippen LogP contribution in [0.15, 0.2) is 12.2 Å². The lowest BCUT2D eigenvalue weighted by Crippen LogP contribution is -1.93. The number of hydrogen-bond donors (Lipinski definition) is 1. The number of unbranched alkanes of at least 4 members (excludes halogenated alkanes) is 9. The van der Waals surface area contributed by atoms with E-state index in [-0.39, 0.29) is 0 Å². The highest BCUT2D eigenvalue weighted by atomic mass is 16.4. The zero-order valence-electron chi connectivity index (χ0n) is 13.0. The first-order chi connectivity index (χ1) is 9.77. The summed E-state index contributed by atoms with van der Waals surface area (Å²) in [7, 11) is 0. The van der Waals surface area contributed by atoms with Crippen molar-refractivity contribution in [2.24, 2.45) is 0 Å². The summed E-state index contributed by atoms with van der Waals surface area (Å²) in [6, 6.07) is 0. The minimum atomic E-state index is -0.672. The van der Waals surface area contributed by atoms with Crippen LogP contribution in [0, 0.1) is 11.8 Å². The van der Waals surface area contributed by atoms with Crippen molar-refractivity contribution in [3.05, 3.63) is 12.2 Å². The second-order valence-corrected chi connectivity index (χ2v) is 5.20. The maximum Gasteiger partial charge on any atom is 0.303 e. The molecule has 1 N–H and O–H groups in total. The molecule has 114 valence electrons. The van der Waals surface area contributed by atoms with Crippen molar-refractivity contribution in [1.29, 1.82) is 0 Å². The summed E-state index contributed by atoms with van der Waals surface area (Å²) in [5.74, 6) is 5.35. The van der Waals surface area contributed by atoms with Crippen molar-refractivity contribution in [2.45, 2.75) is 84.0 Å². The monoisotopic (exact) mass is 278 g/mol. The predicted octanol–water partition coefficient (Wildman–Crippen LogP) is 5.33. The number of carboxylic acid groups (broad SMARTS) is 1. The minimum absolute atomic E-state index is 0.323. The fourth-order valence-electron chi connectivity index (χ4n) is 2.08. The molecule has 0 aliphatic rings. The van der Waals surface area contributed by atoms with Crippen LogP contribution in [0.3, 0.4) is 0 Å². The summed E-state index contributed by atoms with van der Waals surface area (Å²) < 4.78 is 0. The first-order valence-corrected chi connectivity index (χ1v) is 8.03. The van der Waals surface area contributed by atoms with Gasteiger partial charge < -0.3 is 5.11 Å². The van der Waals surface area contributed by atoms with Gasteiger partial charge in [-0.3, -0.25) is 4.79 Å². The number of aliphatic carboxylic acids is 1. The number of allylic oxidation sites excluding steroid dienone is 2. The summed E-state index contributed by atoms with van der Waals surface area (Å²) in [6.07, 6.45) is 17.6. The molecule has 0 heterocycles. The second-order valence-electron chi connectivity index (χ2n) is 5.20. The predicted molar refractivity (Wildman–Crippen MR) is 85.6 cm³/mol. The minimum Gasteiger partial charge on any atom is -0.481 e. The van der Waals surface area contributed by atoms with Crippen LogP contribution in [0.5, 0.6) is 0 Å². The van der Waals surface area contributed by atoms with E-state index in [0.29, 0.717) is 6.42 Å². The van der Waals surface area contributed by atoms with Crippen molar-refractivity contribution in [1.82, 2.24) is 0 Å². The van der Waals surface area contributed by atoms with Crippen LogP contribution in [-0.4, -0.2) is 11.1 Å². The molecule has 0 amide bonds. The van der Waals surface area contributed by atoms with Gasteiger partial charge in [-0.05, 0) is 45.4 Å². The Morgan fingerprint density at radius 1 is 0.900 bits per heavy atom. The van der Waals surface area contributed by atoms with E-state index in [1.807, 2.05) is 6.92 Å². The highest BCUT2D eigenvalue weighted by Crippen LogP contribution is 2.08. The number of carbonyl (C=O) groups is 1. The highest BCUT2D eigenvalue weighted by Gasteiger charge is 1.95. The van der Waals surface area contributed by atoms with Gasteiger partial charge in [0.25, 0.3) is 0 Å². The molecule has 2 heteroatoms. The van der Waals surface area contributed by atoms with Gasteiger partial charge in [0.15, 0.2) is 0 Å². The third-order valence-corrected chi connectivity index (χ3v) is 3.28. The van der Waals surface area contributed by atoms with E-state index in [4.69, 9.17) is 5.11 Å². The molecule has 0 fully saturated rings. The van der Waals surface area contributed by atoms with E-state index >= 15 is 0 Å². The normalized spacial score (nSPS) is 10.4. The SMILES string of the molecule is CC#CCCCCC/C=C\CCCCCCCC(=O)O. The molecule has 0 aliphatic heterocycles. The van der Waals surface area contributed by atoms with Crippen LogP contribution < -0.4 is 0 Å². The maximum atomic E-state index is 10.3. The molecule has 0 radical (unpaired) electrons. The molecular weight excluding hydrogens is 248 g/mol. The van der Waals surface area contributed by atoms with Crippen LogP contribution >= 0.6 is 0 Å². The maximum absolute atomic E-state index is 10.3. The fraction of sp³-hybridized carbons (Fsp3) is 0.722. The molecule has 0 aromatic rings. The van der Waals surface area contributed by atoms with Gasteiger partial charge in [0.05, 0.1) is 0 Å². The van der Waals surface area contributed by atoms with E-state index in [0.717, 1.165) is 19.3 Å². The van der Waals surface area contributed by atoms with Gasteiger partial charge >= 0.3 is 5.97 Å². The quantitative estimate of drug-likeness (QED) is 0.281. The van der Waals surface area contributed by atoms with Crippen LogP contribution in [0.1, 0.15) is 84.0 Å². The summed E-state index contributed by atoms with van der Waals surface area (Å²) in [5.41, 5.74) is 0. The Hall–Kier alpha value is -1.23. The molecule has 0 unspecified atom stereocenters. The lowest BCUT2D eigenvalue weighted by atomic mass is 10.1. The molecule has 0 saturated carbocycles. The molecule has 0 bridgehead atoms. The molecule has 0 rings (SSSR count). The third-order valence-electron chi connectivity index (χ3n) is 3.28. The summed E-state index contributed by atoms with van der Waals surface area (Å²) >= 11 is 0. The van der Waals surface area contributed by atoms with Crippen LogP contribution in [0.25, 0.3) is 0 Å². The summed E-state index contributed by atoms with van der Waals surface area (Å²) in [5, 5.41) is 8.50. The lowest BCUT2D eigenvalue weighted by Gasteiger charge is -1.98. The summed E-state index contributed by atoms with van der Waals surface area (Å²) in [4.78, 5) is 10.3. The molecular formula is C18H30O2. The molecule has 0 aromatic heterocycles. The second kappa shape index (κ2) is 15.8. The average molecular weight is 278 g/mol. The molecule has 2 nitrogen and oxygen atoms in total. The Morgan fingerprint density at radius 2 is 1.45 bits per heavy atom. The van der Waals surface area contributed by atoms with Gasteiger partial charge in [-0.2, -0.15) is 0 Å². The van der Waals surface area contributed by atoms with Crippen molar-refractivity contribution >= 4 is 5.97 Å². The van der Waals surface area contributed by atoms with Gasteiger partial charge in [0, 0.05) is 12.8 Å². The Kier molecular flexibility index (Phi) is 14.9. The van der Waals surface area contributed by atoms with Crippen molar-refractivity contribution < 1.29 is 9.90 Å². The molecule has 0 saturated heterocycles. The fourth-order valence-corrected chi connectivity index (χ4v) is 2.08. The first kappa shape index (κ1) is 18.8. The van der Waals surface area contributed by atoms with Gasteiger partial charge in [0.2, 0.25) is 0 Å². The summed E-state index contributed by atoms with van der Waals surface area (Å²) in [6.45, 7) is 1.90. The van der Waals surface area contributed by atoms with E-state index < -0.39 is 5.97 Å². The van der Waals surface area contributed by atoms with Gasteiger partial charge in [-0.25, -0.2) is 0 Å². The molecule has 0 aromatic carbocycles. The molecule has 20 heavy (non-hydrogen) atoms. The number of rotatable bonds is 13. The average Bonchev–Trinajstić information content (AvgIpc) is 2.43. The van der Waals surface area contributed by atoms with E-state index in [1.165, 1.54) is 51.4 Å². The topological polar surface area (TPSA) is 37.3 Å². The van der Waals surface area contributed by atoms with Gasteiger partial charge in [0.1, 0.15) is 0 Å². The van der Waals surface area contributed by atoms with Crippen LogP contribution in [0.4, 0.5) is 0 Å². The smallest absolute Gasteiger partial charge is 0.303 e. The van der Waals surface area contributed by atoms with Crippen molar-refractivity contribution in [2.75, 3.05) is 0 Å².